The first-order chi connectivity index (χ1) is 12.8. The van der Waals surface area contributed by atoms with Gasteiger partial charge in [-0.05, 0) is 30.5 Å². The van der Waals surface area contributed by atoms with Gasteiger partial charge >= 0.3 is 0 Å². The molecule has 0 bridgehead atoms. The number of thiophene rings is 1. The van der Waals surface area contributed by atoms with Gasteiger partial charge in [0.1, 0.15) is 0 Å². The summed E-state index contributed by atoms with van der Waals surface area (Å²) in [5.74, 6) is 0.682. The Morgan fingerprint density at radius 1 is 1.07 bits per heavy atom. The quantitative estimate of drug-likeness (QED) is 0.338. The molecule has 0 spiro atoms. The van der Waals surface area contributed by atoms with Crippen molar-refractivity contribution in [2.45, 2.75) is 31.1 Å². The summed E-state index contributed by atoms with van der Waals surface area (Å²) < 4.78 is 27.0. The molecule has 8 heteroatoms. The molecule has 2 aromatic rings. The van der Waals surface area contributed by atoms with E-state index >= 15 is 0 Å². The number of benzene rings is 1. The van der Waals surface area contributed by atoms with Gasteiger partial charge in [-0.25, -0.2) is 13.1 Å². The fourth-order valence-corrected chi connectivity index (χ4v) is 4.31. The van der Waals surface area contributed by atoms with Gasteiger partial charge in [0.2, 0.25) is 10.0 Å². The van der Waals surface area contributed by atoms with Crippen molar-refractivity contribution in [1.82, 2.24) is 15.4 Å². The summed E-state index contributed by atoms with van der Waals surface area (Å²) in [4.78, 5) is 6.21. The third-order valence-corrected chi connectivity index (χ3v) is 6.64. The number of hydrogen-bond acceptors (Lipinski definition) is 4. The zero-order valence-corrected chi connectivity index (χ0v) is 17.7. The normalized spacial score (nSPS) is 12.8. The number of nitrogens with one attached hydrogen (secondary N) is 3. The monoisotopic (exact) mass is 408 g/mol. The Bertz CT molecular complexity index is 817. The first kappa shape index (κ1) is 21.4. The highest BCUT2D eigenvalue weighted by Gasteiger charge is 2.21. The van der Waals surface area contributed by atoms with Crippen LogP contribution in [0, 0.1) is 0 Å². The van der Waals surface area contributed by atoms with Crippen LogP contribution in [0.1, 0.15) is 25.6 Å². The van der Waals surface area contributed by atoms with Gasteiger partial charge in [-0.1, -0.05) is 38.1 Å². The SMILES string of the molecule is CCNC(=NCC(C)(C)c1cccs1)NCCNS(=O)(=O)c1ccccc1. The molecule has 3 N–H and O–H groups in total. The largest absolute Gasteiger partial charge is 0.357 e. The van der Waals surface area contributed by atoms with E-state index < -0.39 is 10.0 Å². The Morgan fingerprint density at radius 2 is 1.81 bits per heavy atom. The molecule has 6 nitrogen and oxygen atoms in total. The molecule has 0 radical (unpaired) electrons. The van der Waals surface area contributed by atoms with Gasteiger partial charge in [0.25, 0.3) is 0 Å². The second kappa shape index (κ2) is 9.87. The number of aliphatic imine (C=N–C) groups is 1. The number of sulfonamides is 1. The van der Waals surface area contributed by atoms with E-state index in [1.54, 1.807) is 41.7 Å². The maximum Gasteiger partial charge on any atom is 0.240 e. The van der Waals surface area contributed by atoms with Crippen molar-refractivity contribution in [3.8, 4) is 0 Å². The molecule has 27 heavy (non-hydrogen) atoms. The summed E-state index contributed by atoms with van der Waals surface area (Å²) in [5, 5.41) is 8.45. The third kappa shape index (κ3) is 6.64. The Balaban J connectivity index is 1.87. The smallest absolute Gasteiger partial charge is 0.240 e. The summed E-state index contributed by atoms with van der Waals surface area (Å²) in [5.41, 5.74) is -0.0502. The molecule has 1 aromatic heterocycles. The van der Waals surface area contributed by atoms with Crippen molar-refractivity contribution in [2.24, 2.45) is 4.99 Å². The second-order valence-electron chi connectivity index (χ2n) is 6.69. The van der Waals surface area contributed by atoms with Gasteiger partial charge in [0.15, 0.2) is 5.96 Å². The lowest BCUT2D eigenvalue weighted by atomic mass is 9.92. The first-order valence-corrected chi connectivity index (χ1v) is 11.3. The van der Waals surface area contributed by atoms with Crippen molar-refractivity contribution >= 4 is 27.3 Å². The standard InChI is InChI=1S/C19H28N4O2S2/c1-4-20-18(22-15-19(2,3)17-11-8-14-26-17)21-12-13-23-27(24,25)16-9-6-5-7-10-16/h5-11,14,23H,4,12-13,15H2,1-3H3,(H2,20,21,22). The zero-order chi connectivity index (χ0) is 19.8. The number of rotatable bonds is 9. The molecule has 0 aliphatic heterocycles. The van der Waals surface area contributed by atoms with E-state index in [1.165, 1.54) is 4.88 Å². The summed E-state index contributed by atoms with van der Waals surface area (Å²) in [7, 11) is -3.48. The van der Waals surface area contributed by atoms with Gasteiger partial charge in [0.05, 0.1) is 11.4 Å². The number of nitrogens with zero attached hydrogens (tertiary/aromatic N) is 1. The molecule has 0 amide bonds. The van der Waals surface area contributed by atoms with E-state index in [0.29, 0.717) is 19.0 Å². The molecular weight excluding hydrogens is 380 g/mol. The van der Waals surface area contributed by atoms with Crippen LogP contribution >= 0.6 is 11.3 Å². The molecular formula is C19H28N4O2S2. The Kier molecular flexibility index (Phi) is 7.82. The van der Waals surface area contributed by atoms with Crippen LogP contribution in [0.5, 0.6) is 0 Å². The first-order valence-electron chi connectivity index (χ1n) is 8.96. The summed E-state index contributed by atoms with van der Waals surface area (Å²) in [6, 6.07) is 12.5. The highest BCUT2D eigenvalue weighted by molar-refractivity contribution is 7.89. The third-order valence-electron chi connectivity index (χ3n) is 3.93. The van der Waals surface area contributed by atoms with E-state index in [4.69, 9.17) is 0 Å². The van der Waals surface area contributed by atoms with Crippen LogP contribution in [0.25, 0.3) is 0 Å². The Labute approximate surface area is 166 Å². The van der Waals surface area contributed by atoms with Crippen LogP contribution in [0.4, 0.5) is 0 Å². The number of guanidine groups is 1. The summed E-state index contributed by atoms with van der Waals surface area (Å²) in [6.07, 6.45) is 0. The zero-order valence-electron chi connectivity index (χ0n) is 16.0. The average Bonchev–Trinajstić information content (AvgIpc) is 3.20. The molecule has 1 aromatic carbocycles. The van der Waals surface area contributed by atoms with Crippen LogP contribution in [-0.4, -0.2) is 40.6 Å². The summed E-state index contributed by atoms with van der Waals surface area (Å²) >= 11 is 1.73. The fourth-order valence-electron chi connectivity index (χ4n) is 2.41. The molecule has 2 rings (SSSR count). The minimum atomic E-state index is -3.48. The van der Waals surface area contributed by atoms with Crippen molar-refractivity contribution < 1.29 is 8.42 Å². The molecule has 0 aliphatic carbocycles. The molecule has 1 heterocycles. The molecule has 0 saturated heterocycles. The highest BCUT2D eigenvalue weighted by atomic mass is 32.2. The highest BCUT2D eigenvalue weighted by Crippen LogP contribution is 2.27. The van der Waals surface area contributed by atoms with Gasteiger partial charge in [-0.3, -0.25) is 4.99 Å². The summed E-state index contributed by atoms with van der Waals surface area (Å²) in [6.45, 7) is 8.42. The predicted molar refractivity (Wildman–Crippen MR) is 113 cm³/mol. The van der Waals surface area contributed by atoms with Crippen molar-refractivity contribution in [3.05, 3.63) is 52.7 Å². The molecule has 0 saturated carbocycles. The van der Waals surface area contributed by atoms with Gasteiger partial charge in [0, 0.05) is 29.9 Å². The van der Waals surface area contributed by atoms with Crippen LogP contribution < -0.4 is 15.4 Å². The van der Waals surface area contributed by atoms with Gasteiger partial charge in [-0.15, -0.1) is 11.3 Å². The van der Waals surface area contributed by atoms with E-state index in [-0.39, 0.29) is 16.9 Å². The van der Waals surface area contributed by atoms with Gasteiger partial charge in [-0.2, -0.15) is 0 Å². The van der Waals surface area contributed by atoms with Crippen LogP contribution in [-0.2, 0) is 15.4 Å². The average molecular weight is 409 g/mol. The molecule has 0 atom stereocenters. The van der Waals surface area contributed by atoms with Crippen LogP contribution in [0.2, 0.25) is 0 Å². The maximum absolute atomic E-state index is 12.2. The van der Waals surface area contributed by atoms with Crippen molar-refractivity contribution in [1.29, 1.82) is 0 Å². The lowest BCUT2D eigenvalue weighted by Crippen LogP contribution is -2.42. The molecule has 0 fully saturated rings. The van der Waals surface area contributed by atoms with Crippen LogP contribution in [0.15, 0.2) is 57.7 Å². The van der Waals surface area contributed by atoms with Crippen molar-refractivity contribution in [3.63, 3.8) is 0 Å². The van der Waals surface area contributed by atoms with E-state index in [9.17, 15) is 8.42 Å². The maximum atomic E-state index is 12.2. The Hall–Kier alpha value is -1.90. The molecule has 148 valence electrons. The number of hydrogen-bond donors (Lipinski definition) is 3. The lowest BCUT2D eigenvalue weighted by Gasteiger charge is -2.22. The van der Waals surface area contributed by atoms with E-state index in [0.717, 1.165) is 6.54 Å². The topological polar surface area (TPSA) is 82.6 Å². The Morgan fingerprint density at radius 3 is 2.44 bits per heavy atom. The van der Waals surface area contributed by atoms with Gasteiger partial charge < -0.3 is 10.6 Å². The minimum absolute atomic E-state index is 0.0502. The fraction of sp³-hybridized carbons (Fsp3) is 0.421. The van der Waals surface area contributed by atoms with E-state index in [1.807, 2.05) is 13.0 Å². The van der Waals surface area contributed by atoms with E-state index in [2.05, 4.69) is 45.6 Å². The molecule has 0 unspecified atom stereocenters. The van der Waals surface area contributed by atoms with Crippen molar-refractivity contribution in [2.75, 3.05) is 26.2 Å². The predicted octanol–water partition coefficient (Wildman–Crippen LogP) is 2.56. The lowest BCUT2D eigenvalue weighted by molar-refractivity contribution is 0.548. The second-order valence-corrected chi connectivity index (χ2v) is 9.41. The molecule has 0 aliphatic rings. The minimum Gasteiger partial charge on any atom is -0.357 e. The van der Waals surface area contributed by atoms with Crippen LogP contribution in [0.3, 0.4) is 0 Å².